The molecule has 0 fully saturated rings. The van der Waals surface area contributed by atoms with E-state index in [2.05, 4.69) is 5.32 Å². The predicted octanol–water partition coefficient (Wildman–Crippen LogP) is 7.01. The minimum atomic E-state index is -4.27. The van der Waals surface area contributed by atoms with Crippen molar-refractivity contribution in [2.75, 3.05) is 17.4 Å². The van der Waals surface area contributed by atoms with Crippen LogP contribution in [0.25, 0.3) is 0 Å². The fraction of sp³-hybridized carbons (Fsp3) is 0.212. The Morgan fingerprint density at radius 2 is 1.41 bits per heavy atom. The van der Waals surface area contributed by atoms with Crippen LogP contribution in [0.3, 0.4) is 0 Å². The van der Waals surface area contributed by atoms with Gasteiger partial charge < -0.3 is 10.2 Å². The molecule has 0 radical (unpaired) electrons. The van der Waals surface area contributed by atoms with Gasteiger partial charge in [0.25, 0.3) is 10.0 Å². The minimum absolute atomic E-state index is 0.0249. The molecule has 0 spiro atoms. The molecule has 0 heterocycles. The maximum atomic E-state index is 14.4. The second kappa shape index (κ2) is 15.4. The average molecular weight is 673 g/mol. The van der Waals surface area contributed by atoms with E-state index in [1.807, 2.05) is 37.3 Å². The molecule has 4 aromatic carbocycles. The highest BCUT2D eigenvalue weighted by Crippen LogP contribution is 2.30. The first-order valence-electron chi connectivity index (χ1n) is 14.0. The van der Waals surface area contributed by atoms with E-state index in [-0.39, 0.29) is 39.5 Å². The first-order valence-corrected chi connectivity index (χ1v) is 16.6. The number of nitrogens with zero attached hydrogens (tertiary/aromatic N) is 2. The summed E-state index contributed by atoms with van der Waals surface area (Å²) < 4.78 is 29.0. The maximum absolute atomic E-state index is 14.4. The highest BCUT2D eigenvalue weighted by molar-refractivity contribution is 7.92. The monoisotopic (exact) mass is 671 g/mol. The molecule has 4 aromatic rings. The van der Waals surface area contributed by atoms with Gasteiger partial charge in [-0.25, -0.2) is 8.42 Å². The summed E-state index contributed by atoms with van der Waals surface area (Å²) in [5.41, 5.74) is 1.54. The molecule has 4 rings (SSSR count). The number of nitrogens with one attached hydrogen (secondary N) is 1. The van der Waals surface area contributed by atoms with E-state index in [1.54, 1.807) is 42.5 Å². The zero-order valence-corrected chi connectivity index (χ0v) is 27.1. The van der Waals surface area contributed by atoms with E-state index < -0.39 is 28.5 Å². The third kappa shape index (κ3) is 8.54. The zero-order chi connectivity index (χ0) is 31.7. The number of rotatable bonds is 13. The Bertz CT molecular complexity index is 1670. The van der Waals surface area contributed by atoms with E-state index in [1.165, 1.54) is 35.2 Å². The van der Waals surface area contributed by atoms with E-state index in [0.29, 0.717) is 23.6 Å². The van der Waals surface area contributed by atoms with Gasteiger partial charge in [-0.1, -0.05) is 108 Å². The number of carbonyl (C=O) groups is 2. The Balaban J connectivity index is 1.82. The van der Waals surface area contributed by atoms with Crippen LogP contribution in [0.2, 0.25) is 15.1 Å². The van der Waals surface area contributed by atoms with Gasteiger partial charge in [-0.15, -0.1) is 0 Å². The van der Waals surface area contributed by atoms with Crippen LogP contribution in [0.15, 0.2) is 108 Å². The van der Waals surface area contributed by atoms with Gasteiger partial charge in [0.05, 0.1) is 10.6 Å². The highest BCUT2D eigenvalue weighted by Gasteiger charge is 2.35. The number of anilines is 1. The van der Waals surface area contributed by atoms with Crippen LogP contribution < -0.4 is 9.62 Å². The molecule has 0 bridgehead atoms. The third-order valence-electron chi connectivity index (χ3n) is 6.86. The van der Waals surface area contributed by atoms with Crippen LogP contribution in [-0.2, 0) is 32.6 Å². The molecule has 7 nitrogen and oxygen atoms in total. The summed E-state index contributed by atoms with van der Waals surface area (Å²) in [6.07, 6.45) is 0.891. The van der Waals surface area contributed by atoms with E-state index in [9.17, 15) is 18.0 Å². The molecule has 0 aliphatic rings. The number of hydrogen-bond donors (Lipinski definition) is 1. The van der Waals surface area contributed by atoms with Gasteiger partial charge in [0.2, 0.25) is 11.8 Å². The number of benzene rings is 4. The lowest BCUT2D eigenvalue weighted by Gasteiger charge is -2.34. The summed E-state index contributed by atoms with van der Waals surface area (Å²) in [6, 6.07) is 27.4. The lowest BCUT2D eigenvalue weighted by molar-refractivity contribution is -0.140. The van der Waals surface area contributed by atoms with Crippen LogP contribution in [0.5, 0.6) is 0 Å². The normalized spacial score (nSPS) is 11.9. The molecule has 2 amide bonds. The Morgan fingerprint density at radius 1 is 0.818 bits per heavy atom. The zero-order valence-electron chi connectivity index (χ0n) is 24.0. The van der Waals surface area contributed by atoms with Crippen molar-refractivity contribution in [1.82, 2.24) is 10.2 Å². The fourth-order valence-corrected chi connectivity index (χ4v) is 6.79. The van der Waals surface area contributed by atoms with Crippen molar-refractivity contribution in [2.45, 2.75) is 37.2 Å². The average Bonchev–Trinajstić information content (AvgIpc) is 3.01. The summed E-state index contributed by atoms with van der Waals surface area (Å²) in [5.74, 6) is -0.979. The molecule has 11 heteroatoms. The summed E-state index contributed by atoms with van der Waals surface area (Å²) in [6.45, 7) is 1.67. The van der Waals surface area contributed by atoms with Gasteiger partial charge in [-0.2, -0.15) is 0 Å². The van der Waals surface area contributed by atoms with Gasteiger partial charge in [0.15, 0.2) is 0 Å². The van der Waals surface area contributed by atoms with Gasteiger partial charge in [-0.3, -0.25) is 13.9 Å². The fourth-order valence-electron chi connectivity index (χ4n) is 4.66. The van der Waals surface area contributed by atoms with Crippen LogP contribution in [0.1, 0.15) is 24.5 Å². The van der Waals surface area contributed by atoms with Crippen LogP contribution in [0, 0.1) is 0 Å². The second-order valence-electron chi connectivity index (χ2n) is 10.1. The Kier molecular flexibility index (Phi) is 11.7. The Labute approximate surface area is 273 Å². The third-order valence-corrected chi connectivity index (χ3v) is 9.46. The van der Waals surface area contributed by atoms with Crippen molar-refractivity contribution in [1.29, 1.82) is 0 Å². The predicted molar refractivity (Wildman–Crippen MR) is 177 cm³/mol. The van der Waals surface area contributed by atoms with Crippen molar-refractivity contribution in [2.24, 2.45) is 0 Å². The molecule has 1 atom stereocenters. The molecule has 1 unspecified atom stereocenters. The first-order chi connectivity index (χ1) is 21.1. The van der Waals surface area contributed by atoms with Crippen LogP contribution in [0.4, 0.5) is 5.69 Å². The molecule has 1 N–H and O–H groups in total. The van der Waals surface area contributed by atoms with Crippen LogP contribution >= 0.6 is 34.8 Å². The number of amides is 2. The number of hydrogen-bond acceptors (Lipinski definition) is 4. The lowest BCUT2D eigenvalue weighted by Crippen LogP contribution is -2.53. The first kappa shape index (κ1) is 33.3. The lowest BCUT2D eigenvalue weighted by atomic mass is 10.0. The summed E-state index contributed by atoms with van der Waals surface area (Å²) in [5, 5.41) is 3.71. The van der Waals surface area contributed by atoms with Crippen molar-refractivity contribution in [3.8, 4) is 0 Å². The van der Waals surface area contributed by atoms with E-state index >= 15 is 0 Å². The maximum Gasteiger partial charge on any atom is 0.264 e. The van der Waals surface area contributed by atoms with E-state index in [0.717, 1.165) is 9.87 Å². The summed E-state index contributed by atoms with van der Waals surface area (Å²) >= 11 is 19.1. The number of sulfonamides is 1. The minimum Gasteiger partial charge on any atom is -0.354 e. The van der Waals surface area contributed by atoms with Gasteiger partial charge in [-0.05, 0) is 53.9 Å². The molecule has 0 aliphatic carbocycles. The molecule has 0 saturated heterocycles. The summed E-state index contributed by atoms with van der Waals surface area (Å²) in [7, 11) is -4.27. The topological polar surface area (TPSA) is 86.8 Å². The second-order valence-corrected chi connectivity index (χ2v) is 13.2. The van der Waals surface area contributed by atoms with Crippen molar-refractivity contribution in [3.05, 3.63) is 129 Å². The molecular formula is C33H32Cl3N3O4S. The van der Waals surface area contributed by atoms with Gasteiger partial charge >= 0.3 is 0 Å². The number of halogens is 3. The van der Waals surface area contributed by atoms with Gasteiger partial charge in [0, 0.05) is 34.6 Å². The molecular weight excluding hydrogens is 641 g/mol. The molecule has 0 saturated carbocycles. The smallest absolute Gasteiger partial charge is 0.264 e. The van der Waals surface area contributed by atoms with E-state index in [4.69, 9.17) is 34.8 Å². The molecule has 44 heavy (non-hydrogen) atoms. The Morgan fingerprint density at radius 3 is 2.02 bits per heavy atom. The SMILES string of the molecule is CCCNC(=O)C(Cc1ccccc1)N(Cc1ccccc1Cl)C(=O)CN(c1cc(Cl)cc(Cl)c1)S(=O)(=O)c1ccccc1. The highest BCUT2D eigenvalue weighted by atomic mass is 35.5. The summed E-state index contributed by atoms with van der Waals surface area (Å²) in [4.78, 5) is 29.5. The standard InChI is InChI=1S/C33H32Cl3N3O4S/c1-2-17-37-33(41)31(18-24-11-5-3-6-12-24)38(22-25-13-9-10-16-30(25)36)32(40)23-39(28-20-26(34)19-27(35)21-28)44(42,43)29-14-7-4-8-15-29/h3-16,19-21,31H,2,17-18,22-23H2,1H3,(H,37,41). The number of carbonyl (C=O) groups excluding carboxylic acids is 2. The Hall–Kier alpha value is -3.56. The largest absolute Gasteiger partial charge is 0.354 e. The quantitative estimate of drug-likeness (QED) is 0.166. The van der Waals surface area contributed by atoms with Crippen molar-refractivity contribution < 1.29 is 18.0 Å². The molecule has 0 aliphatic heterocycles. The van der Waals surface area contributed by atoms with Crippen LogP contribution in [-0.4, -0.2) is 44.3 Å². The van der Waals surface area contributed by atoms with Gasteiger partial charge in [0.1, 0.15) is 12.6 Å². The molecule has 230 valence electrons. The van der Waals surface area contributed by atoms with Crippen molar-refractivity contribution >= 4 is 62.3 Å². The van der Waals surface area contributed by atoms with Crippen molar-refractivity contribution in [3.63, 3.8) is 0 Å². The molecule has 0 aromatic heterocycles.